The van der Waals surface area contributed by atoms with Gasteiger partial charge in [0.15, 0.2) is 0 Å². The number of benzene rings is 1. The Balaban J connectivity index is 1.38. The fraction of sp³-hybridized carbons (Fsp3) is 0.273. The second-order valence-corrected chi connectivity index (χ2v) is 7.30. The van der Waals surface area contributed by atoms with E-state index in [4.69, 9.17) is 5.10 Å². The van der Waals surface area contributed by atoms with Crippen molar-refractivity contribution in [3.8, 4) is 22.5 Å². The Bertz CT molecular complexity index is 1060. The van der Waals surface area contributed by atoms with E-state index in [2.05, 4.69) is 37.7 Å². The minimum atomic E-state index is 0.594. The first kappa shape index (κ1) is 16.9. The third kappa shape index (κ3) is 3.33. The van der Waals surface area contributed by atoms with Gasteiger partial charge in [-0.15, -0.1) is 0 Å². The lowest BCUT2D eigenvalue weighted by Crippen LogP contribution is -2.11. The molecule has 28 heavy (non-hydrogen) atoms. The molecule has 1 saturated carbocycles. The molecule has 0 N–H and O–H groups in total. The predicted molar refractivity (Wildman–Crippen MR) is 108 cm³/mol. The van der Waals surface area contributed by atoms with Crippen LogP contribution >= 0.6 is 0 Å². The Morgan fingerprint density at radius 2 is 1.79 bits per heavy atom. The quantitative estimate of drug-likeness (QED) is 0.523. The van der Waals surface area contributed by atoms with Gasteiger partial charge in [0.2, 0.25) is 0 Å². The molecular weight excluding hydrogens is 348 g/mol. The molecule has 0 bridgehead atoms. The zero-order chi connectivity index (χ0) is 18.8. The van der Waals surface area contributed by atoms with Crippen LogP contribution in [-0.2, 0) is 6.54 Å². The molecule has 1 aliphatic carbocycles. The van der Waals surface area contributed by atoms with Crippen molar-refractivity contribution in [1.29, 1.82) is 0 Å². The van der Waals surface area contributed by atoms with Gasteiger partial charge in [-0.25, -0.2) is 4.98 Å². The monoisotopic (exact) mass is 370 g/mol. The topological polar surface area (TPSA) is 61.4 Å². The molecule has 0 amide bonds. The van der Waals surface area contributed by atoms with E-state index in [-0.39, 0.29) is 0 Å². The van der Waals surface area contributed by atoms with Crippen molar-refractivity contribution in [2.75, 3.05) is 0 Å². The van der Waals surface area contributed by atoms with Crippen LogP contribution in [0.25, 0.3) is 22.5 Å². The first-order valence-electron chi connectivity index (χ1n) is 9.78. The molecule has 140 valence electrons. The van der Waals surface area contributed by atoms with E-state index >= 15 is 0 Å². The van der Waals surface area contributed by atoms with Gasteiger partial charge >= 0.3 is 0 Å². The first-order valence-corrected chi connectivity index (χ1v) is 9.78. The van der Waals surface area contributed by atoms with Gasteiger partial charge in [-0.05, 0) is 25.0 Å². The molecule has 1 aliphatic rings. The van der Waals surface area contributed by atoms with Gasteiger partial charge in [-0.3, -0.25) is 14.6 Å². The maximum Gasteiger partial charge on any atom is 0.0951 e. The molecule has 6 heteroatoms. The minimum Gasteiger partial charge on any atom is -0.330 e. The molecule has 0 saturated heterocycles. The number of hydrogen-bond donors (Lipinski definition) is 0. The Morgan fingerprint density at radius 3 is 2.61 bits per heavy atom. The van der Waals surface area contributed by atoms with Gasteiger partial charge in [0.25, 0.3) is 0 Å². The molecule has 0 aliphatic heterocycles. The summed E-state index contributed by atoms with van der Waals surface area (Å²) in [7, 11) is 0. The highest BCUT2D eigenvalue weighted by Crippen LogP contribution is 2.30. The summed E-state index contributed by atoms with van der Waals surface area (Å²) < 4.78 is 4.33. The highest BCUT2D eigenvalue weighted by Gasteiger charge is 2.19. The number of hydrogen-bond acceptors (Lipinski definition) is 4. The molecule has 0 spiro atoms. The van der Waals surface area contributed by atoms with Crippen LogP contribution in [0, 0.1) is 0 Å². The average Bonchev–Trinajstić information content (AvgIpc) is 3.51. The lowest BCUT2D eigenvalue weighted by atomic mass is 10.1. The number of aromatic nitrogens is 6. The molecule has 1 fully saturated rings. The molecule has 6 nitrogen and oxygen atoms in total. The second-order valence-electron chi connectivity index (χ2n) is 7.30. The van der Waals surface area contributed by atoms with Crippen molar-refractivity contribution in [3.63, 3.8) is 0 Å². The number of nitrogens with zero attached hydrogens (tertiary/aromatic N) is 6. The summed E-state index contributed by atoms with van der Waals surface area (Å²) in [6.45, 7) is 0.736. The van der Waals surface area contributed by atoms with Crippen molar-refractivity contribution in [2.45, 2.75) is 38.3 Å². The summed E-state index contributed by atoms with van der Waals surface area (Å²) in [4.78, 5) is 12.9. The van der Waals surface area contributed by atoms with Crippen LogP contribution in [0.4, 0.5) is 0 Å². The molecule has 5 rings (SSSR count). The SMILES string of the molecule is c1cc(-c2cnccn2)cc(-c2ccn(Cc3cncn3C3CCCC3)n2)c1. The minimum absolute atomic E-state index is 0.594. The molecule has 0 radical (unpaired) electrons. The fourth-order valence-electron chi connectivity index (χ4n) is 4.02. The maximum absolute atomic E-state index is 4.80. The summed E-state index contributed by atoms with van der Waals surface area (Å²) in [5.41, 5.74) is 5.16. The Kier molecular flexibility index (Phi) is 4.45. The van der Waals surface area contributed by atoms with Crippen LogP contribution < -0.4 is 0 Å². The van der Waals surface area contributed by atoms with Crippen LogP contribution in [-0.4, -0.2) is 29.3 Å². The first-order chi connectivity index (χ1) is 13.9. The van der Waals surface area contributed by atoms with Crippen LogP contribution in [0.15, 0.2) is 67.6 Å². The van der Waals surface area contributed by atoms with Crippen molar-refractivity contribution in [3.05, 3.63) is 73.3 Å². The van der Waals surface area contributed by atoms with Gasteiger partial charge in [-0.2, -0.15) is 5.10 Å². The maximum atomic E-state index is 4.80. The molecular formula is C22H22N6. The van der Waals surface area contributed by atoms with Crippen LogP contribution in [0.3, 0.4) is 0 Å². The fourth-order valence-corrected chi connectivity index (χ4v) is 4.02. The second kappa shape index (κ2) is 7.38. The van der Waals surface area contributed by atoms with E-state index in [1.807, 2.05) is 35.5 Å². The predicted octanol–water partition coefficient (Wildman–Crippen LogP) is 4.37. The Hall–Kier alpha value is -3.28. The van der Waals surface area contributed by atoms with Gasteiger partial charge in [0.1, 0.15) is 0 Å². The molecule has 0 unspecified atom stereocenters. The molecule has 0 atom stereocenters. The van der Waals surface area contributed by atoms with E-state index in [0.29, 0.717) is 6.04 Å². The van der Waals surface area contributed by atoms with Crippen molar-refractivity contribution in [1.82, 2.24) is 29.3 Å². The van der Waals surface area contributed by atoms with E-state index in [0.717, 1.165) is 29.1 Å². The smallest absolute Gasteiger partial charge is 0.0951 e. The van der Waals surface area contributed by atoms with Crippen LogP contribution in [0.2, 0.25) is 0 Å². The summed E-state index contributed by atoms with van der Waals surface area (Å²) in [6.07, 6.45) is 16.3. The van der Waals surface area contributed by atoms with Gasteiger partial charge in [-0.1, -0.05) is 31.0 Å². The molecule has 1 aromatic carbocycles. The third-order valence-electron chi connectivity index (χ3n) is 5.45. The zero-order valence-electron chi connectivity index (χ0n) is 15.6. The van der Waals surface area contributed by atoms with Gasteiger partial charge < -0.3 is 4.57 Å². The molecule has 4 aromatic rings. The number of rotatable bonds is 5. The molecule has 3 aromatic heterocycles. The third-order valence-corrected chi connectivity index (χ3v) is 5.45. The van der Waals surface area contributed by atoms with Crippen LogP contribution in [0.1, 0.15) is 37.4 Å². The highest BCUT2D eigenvalue weighted by molar-refractivity contribution is 5.68. The highest BCUT2D eigenvalue weighted by atomic mass is 15.3. The lowest BCUT2D eigenvalue weighted by molar-refractivity contribution is 0.488. The molecule has 3 heterocycles. The van der Waals surface area contributed by atoms with Crippen molar-refractivity contribution >= 4 is 0 Å². The van der Waals surface area contributed by atoms with Gasteiger partial charge in [0.05, 0.1) is 42.3 Å². The summed E-state index contributed by atoms with van der Waals surface area (Å²) in [5.74, 6) is 0. The summed E-state index contributed by atoms with van der Waals surface area (Å²) in [5, 5.41) is 4.80. The van der Waals surface area contributed by atoms with Crippen LogP contribution in [0.5, 0.6) is 0 Å². The Morgan fingerprint density at radius 1 is 0.929 bits per heavy atom. The van der Waals surface area contributed by atoms with E-state index < -0.39 is 0 Å². The largest absolute Gasteiger partial charge is 0.330 e. The van der Waals surface area contributed by atoms with Gasteiger partial charge in [0, 0.05) is 35.8 Å². The summed E-state index contributed by atoms with van der Waals surface area (Å²) in [6, 6.07) is 10.9. The van der Waals surface area contributed by atoms with E-state index in [1.54, 1.807) is 18.6 Å². The number of imidazole rings is 1. The average molecular weight is 370 g/mol. The van der Waals surface area contributed by atoms with E-state index in [9.17, 15) is 0 Å². The normalized spacial score (nSPS) is 14.6. The van der Waals surface area contributed by atoms with E-state index in [1.165, 1.54) is 31.4 Å². The van der Waals surface area contributed by atoms with Crippen molar-refractivity contribution < 1.29 is 0 Å². The summed E-state index contributed by atoms with van der Waals surface area (Å²) >= 11 is 0. The zero-order valence-corrected chi connectivity index (χ0v) is 15.6. The van der Waals surface area contributed by atoms with Crippen molar-refractivity contribution in [2.24, 2.45) is 0 Å². The standard InChI is InChI=1S/C22H22N6/c1-2-7-19(6-1)28-16-24-13-20(28)15-27-11-8-21(26-27)17-4-3-5-18(12-17)22-14-23-9-10-25-22/h3-5,8-14,16,19H,1-2,6-7,15H2. The lowest BCUT2D eigenvalue weighted by Gasteiger charge is -2.15. The Labute approximate surface area is 163 Å².